The maximum atomic E-state index is 5.91. The second kappa shape index (κ2) is 6.55. The van der Waals surface area contributed by atoms with Crippen molar-refractivity contribution in [2.24, 2.45) is 5.92 Å². The molecule has 2 aliphatic rings. The van der Waals surface area contributed by atoms with E-state index >= 15 is 0 Å². The molecule has 1 saturated carbocycles. The molecule has 2 aromatic rings. The van der Waals surface area contributed by atoms with Gasteiger partial charge < -0.3 is 4.74 Å². The first-order valence-electron chi connectivity index (χ1n) is 8.42. The number of hydrogen-bond donors (Lipinski definition) is 0. The van der Waals surface area contributed by atoms with E-state index in [1.807, 2.05) is 12.1 Å². The third-order valence-corrected chi connectivity index (χ3v) is 4.51. The minimum atomic E-state index is 0.641. The lowest BCUT2D eigenvalue weighted by molar-refractivity contribution is 0.292. The van der Waals surface area contributed by atoms with Crippen LogP contribution in [0.15, 0.2) is 48.8 Å². The Morgan fingerprint density at radius 3 is 2.39 bits per heavy atom. The average molecular weight is 306 g/mol. The highest BCUT2D eigenvalue weighted by atomic mass is 16.5. The van der Waals surface area contributed by atoms with E-state index in [2.05, 4.69) is 46.3 Å². The van der Waals surface area contributed by atoms with E-state index in [1.165, 1.54) is 31.5 Å². The summed E-state index contributed by atoms with van der Waals surface area (Å²) < 4.78 is 5.91. The highest BCUT2D eigenvalue weighted by molar-refractivity contribution is 5.69. The van der Waals surface area contributed by atoms with Crippen molar-refractivity contribution >= 4 is 12.2 Å². The summed E-state index contributed by atoms with van der Waals surface area (Å²) >= 11 is 0. The fourth-order valence-electron chi connectivity index (χ4n) is 2.77. The Bertz CT molecular complexity index is 662. The summed E-state index contributed by atoms with van der Waals surface area (Å²) in [5, 5.41) is 0. The van der Waals surface area contributed by atoms with Crippen molar-refractivity contribution in [3.8, 4) is 5.75 Å². The quantitative estimate of drug-likeness (QED) is 0.729. The minimum absolute atomic E-state index is 0.641. The van der Waals surface area contributed by atoms with E-state index in [0.29, 0.717) is 6.04 Å². The highest BCUT2D eigenvalue weighted by Gasteiger charge is 2.38. The largest absolute Gasteiger partial charge is 0.492 e. The average Bonchev–Trinajstić information content (AvgIpc) is 3.52. The van der Waals surface area contributed by atoms with Crippen molar-refractivity contribution < 1.29 is 4.74 Å². The van der Waals surface area contributed by atoms with Crippen molar-refractivity contribution in [2.45, 2.75) is 18.9 Å². The molecule has 2 fully saturated rings. The molecular formula is C20H22N2O. The molecule has 0 amide bonds. The third kappa shape index (κ3) is 4.20. The van der Waals surface area contributed by atoms with Gasteiger partial charge in [0, 0.05) is 25.5 Å². The van der Waals surface area contributed by atoms with Gasteiger partial charge in [-0.1, -0.05) is 24.3 Å². The van der Waals surface area contributed by atoms with Crippen LogP contribution in [0.3, 0.4) is 0 Å². The molecule has 1 aliphatic carbocycles. The van der Waals surface area contributed by atoms with Crippen LogP contribution in [0.25, 0.3) is 12.2 Å². The Balaban J connectivity index is 1.25. The van der Waals surface area contributed by atoms with Crippen LogP contribution in [0, 0.1) is 5.92 Å². The number of benzene rings is 1. The smallest absolute Gasteiger partial charge is 0.119 e. The molecule has 2 heterocycles. The van der Waals surface area contributed by atoms with E-state index in [0.717, 1.165) is 23.8 Å². The van der Waals surface area contributed by atoms with Crippen molar-refractivity contribution in [3.63, 3.8) is 0 Å². The minimum Gasteiger partial charge on any atom is -0.492 e. The van der Waals surface area contributed by atoms with E-state index in [4.69, 9.17) is 4.74 Å². The van der Waals surface area contributed by atoms with Crippen LogP contribution < -0.4 is 4.74 Å². The van der Waals surface area contributed by atoms with Crippen LogP contribution >= 0.6 is 0 Å². The molecule has 0 N–H and O–H groups in total. The van der Waals surface area contributed by atoms with Gasteiger partial charge in [0.25, 0.3) is 0 Å². The normalized spacial score (nSPS) is 23.1. The molecule has 0 spiro atoms. The zero-order valence-electron chi connectivity index (χ0n) is 13.3. The number of aromatic nitrogens is 1. The van der Waals surface area contributed by atoms with Gasteiger partial charge in [0.15, 0.2) is 0 Å². The molecular weight excluding hydrogens is 284 g/mol. The summed E-state index contributed by atoms with van der Waals surface area (Å²) in [6.07, 6.45) is 10.7. The summed E-state index contributed by atoms with van der Waals surface area (Å²) in [6.45, 7) is 3.31. The standard InChI is InChI=1S/C20H22N2O/c1(2-17-9-11-21-12-10-17)16-5-7-20(8-6-16)23-15-19-14-22(19)13-18-3-4-18/h1-2,5-12,18-19H,3-4,13-15H2/b2-1+. The van der Waals surface area contributed by atoms with Crippen molar-refractivity contribution in [2.75, 3.05) is 19.7 Å². The SMILES string of the molecule is C(=C\c1ccc(OCC2CN2CC2CC2)cc1)/c1ccncc1. The van der Waals surface area contributed by atoms with Gasteiger partial charge >= 0.3 is 0 Å². The first-order chi connectivity index (χ1) is 11.4. The maximum absolute atomic E-state index is 5.91. The van der Waals surface area contributed by atoms with Crippen LogP contribution in [-0.2, 0) is 0 Å². The van der Waals surface area contributed by atoms with Crippen LogP contribution in [0.1, 0.15) is 24.0 Å². The van der Waals surface area contributed by atoms with Gasteiger partial charge in [0.05, 0.1) is 6.04 Å². The summed E-state index contributed by atoms with van der Waals surface area (Å²) in [5.41, 5.74) is 2.33. The number of pyridine rings is 1. The van der Waals surface area contributed by atoms with Gasteiger partial charge in [-0.25, -0.2) is 0 Å². The lowest BCUT2D eigenvalue weighted by Gasteiger charge is -2.06. The van der Waals surface area contributed by atoms with Gasteiger partial charge in [-0.3, -0.25) is 9.88 Å². The number of ether oxygens (including phenoxy) is 1. The topological polar surface area (TPSA) is 25.1 Å². The lowest BCUT2D eigenvalue weighted by atomic mass is 10.1. The van der Waals surface area contributed by atoms with Crippen LogP contribution in [-0.4, -0.2) is 35.6 Å². The van der Waals surface area contributed by atoms with E-state index in [1.54, 1.807) is 12.4 Å². The van der Waals surface area contributed by atoms with Gasteiger partial charge in [0.1, 0.15) is 12.4 Å². The Hall–Kier alpha value is -2.13. The molecule has 3 heteroatoms. The summed E-state index contributed by atoms with van der Waals surface area (Å²) in [4.78, 5) is 6.55. The summed E-state index contributed by atoms with van der Waals surface area (Å²) in [7, 11) is 0. The van der Waals surface area contributed by atoms with E-state index < -0.39 is 0 Å². The Kier molecular flexibility index (Phi) is 4.12. The van der Waals surface area contributed by atoms with Crippen molar-refractivity contribution in [1.29, 1.82) is 0 Å². The molecule has 3 nitrogen and oxygen atoms in total. The molecule has 4 rings (SSSR count). The Morgan fingerprint density at radius 1 is 1.00 bits per heavy atom. The van der Waals surface area contributed by atoms with Crippen LogP contribution in [0.2, 0.25) is 0 Å². The number of hydrogen-bond acceptors (Lipinski definition) is 3. The number of rotatable bonds is 7. The second-order valence-corrected chi connectivity index (χ2v) is 6.55. The second-order valence-electron chi connectivity index (χ2n) is 6.55. The predicted octanol–water partition coefficient (Wildman–Crippen LogP) is 3.73. The summed E-state index contributed by atoms with van der Waals surface area (Å²) in [5.74, 6) is 1.94. The molecule has 1 aliphatic heterocycles. The van der Waals surface area contributed by atoms with Gasteiger partial charge in [0.2, 0.25) is 0 Å². The monoisotopic (exact) mass is 306 g/mol. The van der Waals surface area contributed by atoms with Gasteiger partial charge in [-0.2, -0.15) is 0 Å². The zero-order valence-corrected chi connectivity index (χ0v) is 13.3. The van der Waals surface area contributed by atoms with Crippen molar-refractivity contribution in [3.05, 3.63) is 59.9 Å². The first-order valence-corrected chi connectivity index (χ1v) is 8.42. The Morgan fingerprint density at radius 2 is 1.70 bits per heavy atom. The number of nitrogens with zero attached hydrogens (tertiary/aromatic N) is 2. The fraction of sp³-hybridized carbons (Fsp3) is 0.350. The molecule has 118 valence electrons. The highest BCUT2D eigenvalue weighted by Crippen LogP contribution is 2.33. The molecule has 23 heavy (non-hydrogen) atoms. The van der Waals surface area contributed by atoms with Crippen molar-refractivity contribution in [1.82, 2.24) is 9.88 Å². The predicted molar refractivity (Wildman–Crippen MR) is 93.2 cm³/mol. The van der Waals surface area contributed by atoms with Gasteiger partial charge in [-0.15, -0.1) is 0 Å². The van der Waals surface area contributed by atoms with E-state index in [9.17, 15) is 0 Å². The molecule has 1 aromatic carbocycles. The zero-order chi connectivity index (χ0) is 15.5. The van der Waals surface area contributed by atoms with E-state index in [-0.39, 0.29) is 0 Å². The maximum Gasteiger partial charge on any atom is 0.119 e. The molecule has 2 unspecified atom stereocenters. The molecule has 0 bridgehead atoms. The lowest BCUT2D eigenvalue weighted by Crippen LogP contribution is -2.12. The first kappa shape index (κ1) is 14.5. The molecule has 1 saturated heterocycles. The Labute approximate surface area is 137 Å². The fourth-order valence-corrected chi connectivity index (χ4v) is 2.77. The molecule has 2 atom stereocenters. The third-order valence-electron chi connectivity index (χ3n) is 4.51. The van der Waals surface area contributed by atoms with Crippen LogP contribution in [0.4, 0.5) is 0 Å². The van der Waals surface area contributed by atoms with Crippen LogP contribution in [0.5, 0.6) is 5.75 Å². The molecule has 0 radical (unpaired) electrons. The summed E-state index contributed by atoms with van der Waals surface area (Å²) in [6, 6.07) is 12.9. The molecule has 1 aromatic heterocycles. The van der Waals surface area contributed by atoms with Gasteiger partial charge in [-0.05, 0) is 54.2 Å².